The first kappa shape index (κ1) is 25.9. The minimum atomic E-state index is -0.624. The van der Waals surface area contributed by atoms with Crippen molar-refractivity contribution in [1.29, 1.82) is 0 Å². The lowest BCUT2D eigenvalue weighted by molar-refractivity contribution is -0.138. The zero-order valence-corrected chi connectivity index (χ0v) is 20.9. The Balaban J connectivity index is 2.10. The first-order valence-electron chi connectivity index (χ1n) is 10.0. The van der Waals surface area contributed by atoms with Crippen molar-refractivity contribution in [3.8, 4) is 0 Å². The lowest BCUT2D eigenvalue weighted by Gasteiger charge is -2.29. The van der Waals surface area contributed by atoms with Gasteiger partial charge in [0.15, 0.2) is 0 Å². The molecule has 0 aliphatic rings. The quantitative estimate of drug-likeness (QED) is 0.430. The predicted octanol–water partition coefficient (Wildman–Crippen LogP) is 6.07. The van der Waals surface area contributed by atoms with E-state index in [9.17, 15) is 9.59 Å². The van der Waals surface area contributed by atoms with Gasteiger partial charge in [0.05, 0.1) is 15.8 Å². The smallest absolute Gasteiger partial charge is 0.242 e. The van der Waals surface area contributed by atoms with Gasteiger partial charge in [-0.2, -0.15) is 0 Å². The van der Waals surface area contributed by atoms with Gasteiger partial charge in [-0.05, 0) is 42.2 Å². The van der Waals surface area contributed by atoms with Gasteiger partial charge < -0.3 is 10.2 Å². The number of hydrogen-bond acceptors (Lipinski definition) is 3. The van der Waals surface area contributed by atoms with E-state index in [1.54, 1.807) is 24.0 Å². The van der Waals surface area contributed by atoms with Gasteiger partial charge in [-0.3, -0.25) is 9.59 Å². The average Bonchev–Trinajstić information content (AvgIpc) is 2.73. The van der Waals surface area contributed by atoms with Gasteiger partial charge in [0.25, 0.3) is 0 Å². The van der Waals surface area contributed by atoms with Crippen LogP contribution in [0.2, 0.25) is 15.1 Å². The molecule has 0 heterocycles. The molecule has 1 unspecified atom stereocenters. The van der Waals surface area contributed by atoms with E-state index in [1.165, 1.54) is 11.8 Å². The van der Waals surface area contributed by atoms with Gasteiger partial charge in [0.1, 0.15) is 6.04 Å². The highest BCUT2D eigenvalue weighted by atomic mass is 35.5. The van der Waals surface area contributed by atoms with E-state index in [0.717, 1.165) is 11.1 Å². The van der Waals surface area contributed by atoms with Gasteiger partial charge in [-0.1, -0.05) is 72.9 Å². The van der Waals surface area contributed by atoms with Crippen molar-refractivity contribution in [3.05, 3.63) is 68.7 Å². The summed E-state index contributed by atoms with van der Waals surface area (Å²) < 4.78 is 0. The standard InChI is InChI=1S/C23H27Cl3N2O2S/c1-15(2)11-27-23(30)16(3)28(12-17-8-9-20(25)21(26)10-17)22(29)14-31-13-18-6-4-5-7-19(18)24/h4-10,15-16H,11-14H2,1-3H3,(H,27,30). The van der Waals surface area contributed by atoms with E-state index < -0.39 is 6.04 Å². The molecule has 4 nitrogen and oxygen atoms in total. The van der Waals surface area contributed by atoms with E-state index in [1.807, 2.05) is 44.2 Å². The Morgan fingerprint density at radius 3 is 2.35 bits per heavy atom. The van der Waals surface area contributed by atoms with Crippen LogP contribution in [0.3, 0.4) is 0 Å². The number of hydrogen-bond donors (Lipinski definition) is 1. The monoisotopic (exact) mass is 500 g/mol. The van der Waals surface area contributed by atoms with Gasteiger partial charge in [0.2, 0.25) is 11.8 Å². The second-order valence-electron chi connectivity index (χ2n) is 7.67. The van der Waals surface area contributed by atoms with Crippen LogP contribution in [0.25, 0.3) is 0 Å². The van der Waals surface area contributed by atoms with Gasteiger partial charge in [0, 0.05) is 23.9 Å². The largest absolute Gasteiger partial charge is 0.354 e. The van der Waals surface area contributed by atoms with Gasteiger partial charge in [-0.25, -0.2) is 0 Å². The van der Waals surface area contributed by atoms with Crippen LogP contribution in [0, 0.1) is 5.92 Å². The number of benzene rings is 2. The Morgan fingerprint density at radius 2 is 1.71 bits per heavy atom. The summed E-state index contributed by atoms with van der Waals surface area (Å²) in [6.07, 6.45) is 0. The Bertz CT molecular complexity index is 908. The zero-order valence-electron chi connectivity index (χ0n) is 17.8. The van der Waals surface area contributed by atoms with E-state index in [-0.39, 0.29) is 24.1 Å². The van der Waals surface area contributed by atoms with Crippen LogP contribution in [0.15, 0.2) is 42.5 Å². The normalized spacial score (nSPS) is 12.0. The van der Waals surface area contributed by atoms with Crippen molar-refractivity contribution < 1.29 is 9.59 Å². The molecule has 8 heteroatoms. The minimum absolute atomic E-state index is 0.129. The molecule has 31 heavy (non-hydrogen) atoms. The molecule has 1 N–H and O–H groups in total. The van der Waals surface area contributed by atoms with Crippen LogP contribution in [-0.4, -0.2) is 35.1 Å². The lowest BCUT2D eigenvalue weighted by Crippen LogP contribution is -2.48. The predicted molar refractivity (Wildman–Crippen MR) is 132 cm³/mol. The Hall–Kier alpha value is -1.40. The number of nitrogens with zero attached hydrogens (tertiary/aromatic N) is 1. The number of nitrogens with one attached hydrogen (secondary N) is 1. The fourth-order valence-electron chi connectivity index (χ4n) is 2.82. The maximum absolute atomic E-state index is 13.1. The number of rotatable bonds is 10. The highest BCUT2D eigenvalue weighted by Gasteiger charge is 2.26. The summed E-state index contributed by atoms with van der Waals surface area (Å²) in [4.78, 5) is 27.3. The summed E-state index contributed by atoms with van der Waals surface area (Å²) in [6, 6.07) is 12.2. The second kappa shape index (κ2) is 12.6. The molecule has 1 atom stereocenters. The molecular formula is C23H27Cl3N2O2S. The summed E-state index contributed by atoms with van der Waals surface area (Å²) >= 11 is 19.8. The molecule has 2 aromatic rings. The third kappa shape index (κ3) is 8.23. The molecule has 2 aromatic carbocycles. The van der Waals surface area contributed by atoms with Crippen molar-refractivity contribution in [3.63, 3.8) is 0 Å². The van der Waals surface area contributed by atoms with Crippen molar-refractivity contribution in [2.24, 2.45) is 5.92 Å². The van der Waals surface area contributed by atoms with E-state index >= 15 is 0 Å². The molecule has 0 radical (unpaired) electrons. The third-order valence-corrected chi connectivity index (χ3v) is 6.70. The molecule has 2 amide bonds. The van der Waals surface area contributed by atoms with E-state index in [0.29, 0.717) is 33.3 Å². The maximum Gasteiger partial charge on any atom is 0.242 e. The fraction of sp³-hybridized carbons (Fsp3) is 0.391. The number of carbonyl (C=O) groups is 2. The molecule has 0 saturated heterocycles. The molecule has 0 fully saturated rings. The van der Waals surface area contributed by atoms with Crippen LogP contribution in [0.4, 0.5) is 0 Å². The molecule has 0 spiro atoms. The summed E-state index contributed by atoms with van der Waals surface area (Å²) in [5, 5.41) is 4.45. The third-order valence-electron chi connectivity index (χ3n) is 4.63. The molecule has 168 valence electrons. The van der Waals surface area contributed by atoms with E-state index in [4.69, 9.17) is 34.8 Å². The highest BCUT2D eigenvalue weighted by molar-refractivity contribution is 7.99. The first-order chi connectivity index (χ1) is 14.7. The summed E-state index contributed by atoms with van der Waals surface area (Å²) in [5.41, 5.74) is 1.78. The number of carbonyl (C=O) groups excluding carboxylic acids is 2. The SMILES string of the molecule is CC(C)CNC(=O)C(C)N(Cc1ccc(Cl)c(Cl)c1)C(=O)CSCc1ccccc1Cl. The Morgan fingerprint density at radius 1 is 1.00 bits per heavy atom. The Kier molecular flexibility index (Phi) is 10.5. The van der Waals surface area contributed by atoms with Crippen molar-refractivity contribution in [1.82, 2.24) is 10.2 Å². The van der Waals surface area contributed by atoms with Crippen LogP contribution in [0.5, 0.6) is 0 Å². The van der Waals surface area contributed by atoms with Crippen LogP contribution < -0.4 is 5.32 Å². The second-order valence-corrected chi connectivity index (χ2v) is 9.88. The van der Waals surface area contributed by atoms with Crippen molar-refractivity contribution in [2.75, 3.05) is 12.3 Å². The number of amides is 2. The summed E-state index contributed by atoms with van der Waals surface area (Å²) in [5.74, 6) is 0.851. The van der Waals surface area contributed by atoms with Crippen LogP contribution in [-0.2, 0) is 21.9 Å². The molecule has 0 aromatic heterocycles. The topological polar surface area (TPSA) is 49.4 Å². The zero-order chi connectivity index (χ0) is 23.0. The van der Waals surface area contributed by atoms with Crippen LogP contribution in [0.1, 0.15) is 31.9 Å². The van der Waals surface area contributed by atoms with Gasteiger partial charge in [-0.15, -0.1) is 11.8 Å². The minimum Gasteiger partial charge on any atom is -0.354 e. The number of thioether (sulfide) groups is 1. The highest BCUT2D eigenvalue weighted by Crippen LogP contribution is 2.25. The maximum atomic E-state index is 13.1. The van der Waals surface area contributed by atoms with Crippen LogP contribution >= 0.6 is 46.6 Å². The lowest BCUT2D eigenvalue weighted by atomic mass is 10.1. The van der Waals surface area contributed by atoms with Crippen molar-refractivity contribution in [2.45, 2.75) is 39.1 Å². The molecule has 0 aliphatic heterocycles. The Labute approximate surface area is 203 Å². The molecule has 2 rings (SSSR count). The average molecular weight is 502 g/mol. The molecular weight excluding hydrogens is 475 g/mol. The van der Waals surface area contributed by atoms with Gasteiger partial charge >= 0.3 is 0 Å². The summed E-state index contributed by atoms with van der Waals surface area (Å²) in [6.45, 7) is 6.60. The molecule has 0 aliphatic carbocycles. The van der Waals surface area contributed by atoms with Crippen molar-refractivity contribution >= 4 is 58.4 Å². The fourth-order valence-corrected chi connectivity index (χ4v) is 4.33. The summed E-state index contributed by atoms with van der Waals surface area (Å²) in [7, 11) is 0. The first-order valence-corrected chi connectivity index (χ1v) is 12.3. The van der Waals surface area contributed by atoms with E-state index in [2.05, 4.69) is 5.32 Å². The molecule has 0 saturated carbocycles. The number of halogens is 3. The molecule has 0 bridgehead atoms.